The lowest BCUT2D eigenvalue weighted by Gasteiger charge is -2.26. The quantitative estimate of drug-likeness (QED) is 0.106. The molecule has 1 aliphatic rings. The van der Waals surface area contributed by atoms with Crippen molar-refractivity contribution in [3.8, 4) is 17.2 Å². The second kappa shape index (κ2) is 14.5. The molecule has 4 rings (SSSR count). The minimum absolute atomic E-state index is 0.0210. The van der Waals surface area contributed by atoms with Crippen LogP contribution in [0.1, 0.15) is 54.5 Å². The Morgan fingerprint density at radius 3 is 2.36 bits per heavy atom. The molecule has 8 heteroatoms. The summed E-state index contributed by atoms with van der Waals surface area (Å²) < 4.78 is 22.6. The highest BCUT2D eigenvalue weighted by Gasteiger charge is 2.46. The Morgan fingerprint density at radius 2 is 1.67 bits per heavy atom. The third-order valence-corrected chi connectivity index (χ3v) is 7.33. The molecule has 3 aromatic rings. The number of unbranched alkanes of at least 4 members (excludes halogenated alkanes) is 1. The number of nitrogens with zero attached hydrogens (tertiary/aromatic N) is 1. The van der Waals surface area contributed by atoms with Crippen LogP contribution >= 0.6 is 0 Å². The maximum Gasteiger partial charge on any atom is 0.295 e. The first-order valence-electron chi connectivity index (χ1n) is 14.2. The zero-order chi connectivity index (χ0) is 30.1. The van der Waals surface area contributed by atoms with E-state index in [0.717, 1.165) is 24.0 Å². The van der Waals surface area contributed by atoms with Crippen molar-refractivity contribution >= 4 is 17.4 Å². The van der Waals surface area contributed by atoms with E-state index in [1.165, 1.54) is 4.90 Å². The fourth-order valence-corrected chi connectivity index (χ4v) is 4.93. The molecule has 1 fully saturated rings. The molecule has 1 amide bonds. The van der Waals surface area contributed by atoms with Crippen LogP contribution in [0.5, 0.6) is 17.2 Å². The van der Waals surface area contributed by atoms with E-state index in [9.17, 15) is 14.7 Å². The highest BCUT2D eigenvalue weighted by atomic mass is 16.5. The van der Waals surface area contributed by atoms with Crippen molar-refractivity contribution in [3.05, 3.63) is 94.6 Å². The summed E-state index contributed by atoms with van der Waals surface area (Å²) in [6.07, 6.45) is 2.43. The van der Waals surface area contributed by atoms with Gasteiger partial charge in [-0.25, -0.2) is 0 Å². The van der Waals surface area contributed by atoms with E-state index in [1.807, 2.05) is 31.2 Å². The second-order valence-electron chi connectivity index (χ2n) is 10.2. The fraction of sp³-hybridized carbons (Fsp3) is 0.353. The predicted octanol–water partition coefficient (Wildman–Crippen LogP) is 6.22. The van der Waals surface area contributed by atoms with Crippen molar-refractivity contribution in [2.75, 3.05) is 34.0 Å². The minimum atomic E-state index is -0.808. The van der Waals surface area contributed by atoms with E-state index >= 15 is 0 Å². The number of benzene rings is 3. The van der Waals surface area contributed by atoms with E-state index in [1.54, 1.807) is 56.7 Å². The average molecular weight is 574 g/mol. The van der Waals surface area contributed by atoms with Gasteiger partial charge in [0, 0.05) is 25.8 Å². The van der Waals surface area contributed by atoms with Crippen LogP contribution in [0.2, 0.25) is 0 Å². The Balaban J connectivity index is 1.67. The Bertz CT molecular complexity index is 1410. The van der Waals surface area contributed by atoms with Crippen molar-refractivity contribution in [1.82, 2.24) is 4.90 Å². The minimum Gasteiger partial charge on any atom is -0.507 e. The van der Waals surface area contributed by atoms with Gasteiger partial charge in [-0.15, -0.1) is 0 Å². The average Bonchev–Trinajstić information content (AvgIpc) is 3.26. The van der Waals surface area contributed by atoms with Crippen LogP contribution in [0.4, 0.5) is 0 Å². The molecule has 42 heavy (non-hydrogen) atoms. The first-order chi connectivity index (χ1) is 20.4. The highest BCUT2D eigenvalue weighted by molar-refractivity contribution is 6.46. The van der Waals surface area contributed by atoms with E-state index < -0.39 is 17.7 Å². The number of aliphatic hydroxyl groups excluding tert-OH is 1. The Labute approximate surface area is 247 Å². The van der Waals surface area contributed by atoms with Crippen LogP contribution in [-0.4, -0.2) is 55.7 Å². The standard InChI is InChI=1S/C34H39NO7/c1-5-6-20-41-28-17-14-25(21-29(28)40-4)31-30(33(37)34(38)35(31)18-9-19-39-3)32(36)24-12-15-27(16-13-24)42-22-26-11-8-7-10-23(26)2/h7-8,10-17,21,31,36H,5-6,9,18-20,22H2,1-4H3. The van der Waals surface area contributed by atoms with Crippen LogP contribution in [0.3, 0.4) is 0 Å². The van der Waals surface area contributed by atoms with E-state index in [-0.39, 0.29) is 17.9 Å². The van der Waals surface area contributed by atoms with Gasteiger partial charge in [-0.1, -0.05) is 43.7 Å². The van der Waals surface area contributed by atoms with Gasteiger partial charge < -0.3 is 29.0 Å². The summed E-state index contributed by atoms with van der Waals surface area (Å²) in [6, 6.07) is 19.4. The van der Waals surface area contributed by atoms with Gasteiger partial charge in [0.25, 0.3) is 11.7 Å². The number of hydrogen-bond acceptors (Lipinski definition) is 7. The van der Waals surface area contributed by atoms with Gasteiger partial charge >= 0.3 is 0 Å². The smallest absolute Gasteiger partial charge is 0.295 e. The van der Waals surface area contributed by atoms with Crippen molar-refractivity contribution in [2.45, 2.75) is 45.8 Å². The van der Waals surface area contributed by atoms with Gasteiger partial charge in [-0.2, -0.15) is 0 Å². The zero-order valence-electron chi connectivity index (χ0n) is 24.7. The number of ether oxygens (including phenoxy) is 4. The maximum absolute atomic E-state index is 13.4. The van der Waals surface area contributed by atoms with Crippen LogP contribution < -0.4 is 14.2 Å². The first kappa shape index (κ1) is 30.7. The molecular formula is C34H39NO7. The third kappa shape index (κ3) is 6.94. The number of amides is 1. The van der Waals surface area contributed by atoms with E-state index in [2.05, 4.69) is 6.92 Å². The first-order valence-corrected chi connectivity index (χ1v) is 14.2. The molecule has 0 saturated carbocycles. The van der Waals surface area contributed by atoms with Gasteiger partial charge in [-0.3, -0.25) is 9.59 Å². The maximum atomic E-state index is 13.4. The van der Waals surface area contributed by atoms with Gasteiger partial charge in [0.1, 0.15) is 18.1 Å². The number of ketones is 1. The third-order valence-electron chi connectivity index (χ3n) is 7.33. The number of carbonyl (C=O) groups excluding carboxylic acids is 2. The van der Waals surface area contributed by atoms with E-state index in [4.69, 9.17) is 18.9 Å². The number of aliphatic hydroxyl groups is 1. The number of methoxy groups -OCH3 is 2. The van der Waals surface area contributed by atoms with Gasteiger partial charge in [0.2, 0.25) is 0 Å². The molecule has 1 aliphatic heterocycles. The lowest BCUT2D eigenvalue weighted by molar-refractivity contribution is -0.140. The van der Waals surface area contributed by atoms with Crippen molar-refractivity contribution in [1.29, 1.82) is 0 Å². The summed E-state index contributed by atoms with van der Waals surface area (Å²) in [4.78, 5) is 28.1. The molecule has 0 aromatic heterocycles. The Hall–Kier alpha value is -4.30. The lowest BCUT2D eigenvalue weighted by Crippen LogP contribution is -2.31. The summed E-state index contributed by atoms with van der Waals surface area (Å²) in [5, 5.41) is 11.4. The largest absolute Gasteiger partial charge is 0.507 e. The molecule has 1 atom stereocenters. The van der Waals surface area contributed by atoms with Crippen molar-refractivity contribution in [2.24, 2.45) is 0 Å². The monoisotopic (exact) mass is 573 g/mol. The van der Waals surface area contributed by atoms with Crippen molar-refractivity contribution < 1.29 is 33.6 Å². The molecule has 0 radical (unpaired) electrons. The molecule has 1 N–H and O–H groups in total. The van der Waals surface area contributed by atoms with E-state index in [0.29, 0.717) is 54.6 Å². The highest BCUT2D eigenvalue weighted by Crippen LogP contribution is 2.42. The molecule has 1 heterocycles. The summed E-state index contributed by atoms with van der Waals surface area (Å²) >= 11 is 0. The number of Topliss-reactive ketones (excluding diaryl/α,β-unsaturated/α-hetero) is 1. The van der Waals surface area contributed by atoms with Gasteiger partial charge in [0.05, 0.1) is 25.3 Å². The molecule has 1 saturated heterocycles. The molecule has 0 aliphatic carbocycles. The predicted molar refractivity (Wildman–Crippen MR) is 161 cm³/mol. The molecule has 0 spiro atoms. The summed E-state index contributed by atoms with van der Waals surface area (Å²) in [5.74, 6) is 0.0266. The van der Waals surface area contributed by atoms with Gasteiger partial charge in [-0.05, 0) is 72.9 Å². The van der Waals surface area contributed by atoms with Crippen molar-refractivity contribution in [3.63, 3.8) is 0 Å². The summed E-state index contributed by atoms with van der Waals surface area (Å²) in [5.41, 5.74) is 3.28. The van der Waals surface area contributed by atoms with Crippen LogP contribution in [0.15, 0.2) is 72.3 Å². The van der Waals surface area contributed by atoms with Crippen LogP contribution in [0.25, 0.3) is 5.76 Å². The summed E-state index contributed by atoms with van der Waals surface area (Å²) in [6.45, 7) is 5.78. The Kier molecular flexibility index (Phi) is 10.6. The molecule has 1 unspecified atom stereocenters. The lowest BCUT2D eigenvalue weighted by atomic mass is 9.95. The normalized spacial score (nSPS) is 16.1. The Morgan fingerprint density at radius 1 is 0.905 bits per heavy atom. The fourth-order valence-electron chi connectivity index (χ4n) is 4.93. The SMILES string of the molecule is CCCCOc1ccc(C2C(=C(O)c3ccc(OCc4ccccc4C)cc3)C(=O)C(=O)N2CCCOC)cc1OC. The molecule has 8 nitrogen and oxygen atoms in total. The number of carbonyl (C=O) groups is 2. The van der Waals surface area contributed by atoms with Crippen LogP contribution in [0, 0.1) is 6.92 Å². The molecule has 222 valence electrons. The van der Waals surface area contributed by atoms with Gasteiger partial charge in [0.15, 0.2) is 11.5 Å². The number of hydrogen-bond donors (Lipinski definition) is 1. The molecular weight excluding hydrogens is 534 g/mol. The second-order valence-corrected chi connectivity index (χ2v) is 10.2. The molecule has 0 bridgehead atoms. The zero-order valence-corrected chi connectivity index (χ0v) is 24.7. The molecule has 3 aromatic carbocycles. The topological polar surface area (TPSA) is 94.5 Å². The number of rotatable bonds is 14. The number of aryl methyl sites for hydroxylation is 1. The van der Waals surface area contributed by atoms with Crippen LogP contribution in [-0.2, 0) is 20.9 Å². The number of likely N-dealkylation sites (tertiary alicyclic amines) is 1. The summed E-state index contributed by atoms with van der Waals surface area (Å²) in [7, 11) is 3.13.